The Bertz CT molecular complexity index is 303. The van der Waals surface area contributed by atoms with Crippen LogP contribution in [-0.4, -0.2) is 41.5 Å². The van der Waals surface area contributed by atoms with E-state index in [2.05, 4.69) is 26.3 Å². The zero-order chi connectivity index (χ0) is 12.9. The Balaban J connectivity index is 2.90. The zero-order valence-corrected chi connectivity index (χ0v) is 13.2. The van der Waals surface area contributed by atoms with Crippen LogP contribution in [0.5, 0.6) is 0 Å². The Morgan fingerprint density at radius 3 is 1.53 bits per heavy atom. The van der Waals surface area contributed by atoms with Crippen LogP contribution in [0.15, 0.2) is 49.1 Å². The van der Waals surface area contributed by atoms with Gasteiger partial charge in [-0.05, 0) is 22.8 Å². The summed E-state index contributed by atoms with van der Waals surface area (Å²) in [6.07, 6.45) is 0. The van der Waals surface area contributed by atoms with Crippen LogP contribution in [0.25, 0.3) is 0 Å². The molecule has 5 nitrogen and oxygen atoms in total. The molecule has 91 valence electrons. The van der Waals surface area contributed by atoms with Gasteiger partial charge in [-0.2, -0.15) is 0 Å². The Kier molecular flexibility index (Phi) is 5.64. The SMILES string of the molecule is C=C[Si]1O[Si](C=C)O[Si](O)(C=C)O[Si](C=C)O1. The molecule has 0 saturated carbocycles. The highest BCUT2D eigenvalue weighted by molar-refractivity contribution is 6.83. The second kappa shape index (κ2) is 6.53. The van der Waals surface area contributed by atoms with E-state index in [1.807, 2.05) is 0 Å². The standard InChI is InChI=1S/C8H13O5Si4/c1-5-14-10-15(6-2)12-17(9,8-4)13-16(7-3)11-14/h5-9H,1-4H2. The number of hydrogen-bond acceptors (Lipinski definition) is 5. The van der Waals surface area contributed by atoms with Crippen molar-refractivity contribution in [2.75, 3.05) is 0 Å². The molecule has 0 aromatic carbocycles. The van der Waals surface area contributed by atoms with E-state index < -0.39 is 36.7 Å². The molecule has 0 spiro atoms. The second-order valence-corrected chi connectivity index (χ2v) is 10.9. The van der Waals surface area contributed by atoms with Gasteiger partial charge in [0.15, 0.2) is 0 Å². The lowest BCUT2D eigenvalue weighted by molar-refractivity contribution is 0.216. The molecule has 0 aromatic rings. The van der Waals surface area contributed by atoms with E-state index in [1.165, 1.54) is 17.1 Å². The quantitative estimate of drug-likeness (QED) is 0.760. The second-order valence-electron chi connectivity index (χ2n) is 2.81. The molecule has 1 aliphatic rings. The van der Waals surface area contributed by atoms with E-state index in [0.29, 0.717) is 0 Å². The average molecular weight is 302 g/mol. The van der Waals surface area contributed by atoms with Crippen molar-refractivity contribution in [3.63, 3.8) is 0 Å². The number of rotatable bonds is 4. The average Bonchev–Trinajstić information content (AvgIpc) is 2.33. The van der Waals surface area contributed by atoms with Crippen molar-refractivity contribution >= 4 is 36.7 Å². The van der Waals surface area contributed by atoms with Gasteiger partial charge < -0.3 is 21.3 Å². The van der Waals surface area contributed by atoms with E-state index in [1.54, 1.807) is 5.70 Å². The predicted octanol–water partition coefficient (Wildman–Crippen LogP) is 0.363. The highest BCUT2D eigenvalue weighted by Crippen LogP contribution is 2.15. The normalized spacial score (nSPS) is 23.4. The minimum absolute atomic E-state index is 1.27. The van der Waals surface area contributed by atoms with Crippen molar-refractivity contribution < 1.29 is 21.3 Å². The van der Waals surface area contributed by atoms with Crippen LogP contribution in [-0.2, 0) is 16.5 Å². The van der Waals surface area contributed by atoms with E-state index in [4.69, 9.17) is 16.5 Å². The van der Waals surface area contributed by atoms with Gasteiger partial charge in [0.1, 0.15) is 0 Å². The fourth-order valence-electron chi connectivity index (χ4n) is 0.903. The van der Waals surface area contributed by atoms with E-state index in [-0.39, 0.29) is 0 Å². The molecular weight excluding hydrogens is 288 g/mol. The van der Waals surface area contributed by atoms with Crippen molar-refractivity contribution in [1.82, 2.24) is 0 Å². The Morgan fingerprint density at radius 1 is 0.824 bits per heavy atom. The van der Waals surface area contributed by atoms with Crippen molar-refractivity contribution in [3.8, 4) is 0 Å². The fourth-order valence-corrected chi connectivity index (χ4v) is 9.63. The molecule has 9 heteroatoms. The van der Waals surface area contributed by atoms with E-state index in [9.17, 15) is 4.80 Å². The van der Waals surface area contributed by atoms with Crippen LogP contribution in [0, 0.1) is 0 Å². The van der Waals surface area contributed by atoms with Gasteiger partial charge in [-0.1, -0.05) is 6.58 Å². The van der Waals surface area contributed by atoms with Gasteiger partial charge in [-0.3, -0.25) is 0 Å². The molecule has 1 N–H and O–H groups in total. The van der Waals surface area contributed by atoms with E-state index in [0.717, 1.165) is 0 Å². The fraction of sp³-hybridized carbons (Fsp3) is 0. The summed E-state index contributed by atoms with van der Waals surface area (Å²) in [5, 5.41) is 0. The third-order valence-electron chi connectivity index (χ3n) is 1.65. The summed E-state index contributed by atoms with van der Waals surface area (Å²) in [7, 11) is -8.84. The first kappa shape index (κ1) is 14.7. The highest BCUT2D eigenvalue weighted by Gasteiger charge is 2.44. The van der Waals surface area contributed by atoms with Crippen molar-refractivity contribution in [3.05, 3.63) is 49.1 Å². The summed E-state index contributed by atoms with van der Waals surface area (Å²) in [5.41, 5.74) is 5.88. The molecule has 0 amide bonds. The summed E-state index contributed by atoms with van der Waals surface area (Å²) in [5.74, 6) is 0. The summed E-state index contributed by atoms with van der Waals surface area (Å²) >= 11 is 0. The molecule has 1 saturated heterocycles. The van der Waals surface area contributed by atoms with Crippen molar-refractivity contribution in [2.45, 2.75) is 0 Å². The van der Waals surface area contributed by atoms with E-state index >= 15 is 0 Å². The maximum Gasteiger partial charge on any atom is 0.508 e. The van der Waals surface area contributed by atoms with Crippen LogP contribution < -0.4 is 0 Å². The lowest BCUT2D eigenvalue weighted by Gasteiger charge is -2.31. The third-order valence-corrected chi connectivity index (χ3v) is 10.3. The van der Waals surface area contributed by atoms with Crippen LogP contribution in [0.1, 0.15) is 0 Å². The van der Waals surface area contributed by atoms with Gasteiger partial charge in [0.2, 0.25) is 0 Å². The molecule has 0 aromatic heterocycles. The lowest BCUT2D eigenvalue weighted by Crippen LogP contribution is -2.55. The summed E-state index contributed by atoms with van der Waals surface area (Å²) in [6.45, 7) is 14.3. The molecule has 17 heavy (non-hydrogen) atoms. The zero-order valence-electron chi connectivity index (χ0n) is 9.22. The molecule has 1 fully saturated rings. The van der Waals surface area contributed by atoms with Crippen molar-refractivity contribution in [1.29, 1.82) is 0 Å². The molecule has 0 unspecified atom stereocenters. The van der Waals surface area contributed by atoms with Gasteiger partial charge >= 0.3 is 36.7 Å². The van der Waals surface area contributed by atoms with Crippen LogP contribution in [0.4, 0.5) is 0 Å². The summed E-state index contributed by atoms with van der Waals surface area (Å²) < 4.78 is 22.0. The Labute approximate surface area is 107 Å². The first-order chi connectivity index (χ1) is 8.06. The molecule has 0 bridgehead atoms. The molecular formula is C8H13O5Si4. The first-order valence-corrected chi connectivity index (χ1v) is 10.7. The molecule has 1 heterocycles. The van der Waals surface area contributed by atoms with Gasteiger partial charge in [-0.15, -0.1) is 19.7 Å². The maximum atomic E-state index is 10.1. The minimum atomic E-state index is -3.46. The monoisotopic (exact) mass is 301 g/mol. The lowest BCUT2D eigenvalue weighted by atomic mass is 11.3. The minimum Gasteiger partial charge on any atom is -0.407 e. The summed E-state index contributed by atoms with van der Waals surface area (Å²) in [6, 6.07) is 0. The Hall–Kier alpha value is -0.372. The predicted molar refractivity (Wildman–Crippen MR) is 70.4 cm³/mol. The van der Waals surface area contributed by atoms with Crippen LogP contribution in [0.3, 0.4) is 0 Å². The maximum absolute atomic E-state index is 10.1. The number of hydrogen-bond donors (Lipinski definition) is 1. The third kappa shape index (κ3) is 4.09. The molecule has 1 rings (SSSR count). The van der Waals surface area contributed by atoms with Gasteiger partial charge in [0.05, 0.1) is 0 Å². The van der Waals surface area contributed by atoms with Crippen LogP contribution >= 0.6 is 0 Å². The van der Waals surface area contributed by atoms with Gasteiger partial charge in [-0.25, -0.2) is 0 Å². The van der Waals surface area contributed by atoms with Crippen molar-refractivity contribution in [2.24, 2.45) is 0 Å². The first-order valence-electron chi connectivity index (χ1n) is 4.64. The smallest absolute Gasteiger partial charge is 0.407 e. The molecule has 3 radical (unpaired) electrons. The highest BCUT2D eigenvalue weighted by atomic mass is 28.5. The Morgan fingerprint density at radius 2 is 1.24 bits per heavy atom. The van der Waals surface area contributed by atoms with Crippen LogP contribution in [0.2, 0.25) is 0 Å². The summed E-state index contributed by atoms with van der Waals surface area (Å²) in [4.78, 5) is 10.1. The van der Waals surface area contributed by atoms with Gasteiger partial charge in [0.25, 0.3) is 0 Å². The van der Waals surface area contributed by atoms with Gasteiger partial charge in [0, 0.05) is 0 Å². The molecule has 0 atom stereocenters. The molecule has 0 aliphatic carbocycles. The topological polar surface area (TPSA) is 57.2 Å². The largest absolute Gasteiger partial charge is 0.508 e. The molecule has 1 aliphatic heterocycles.